The Labute approximate surface area is 388 Å². The first-order valence-electron chi connectivity index (χ1n) is 23.6. The molecule has 5 rings (SSSR count). The van der Waals surface area contributed by atoms with Crippen molar-refractivity contribution in [1.82, 2.24) is 19.9 Å². The van der Waals surface area contributed by atoms with Gasteiger partial charge < -0.3 is 49.7 Å². The number of methoxy groups -OCH3 is 1. The minimum atomic E-state index is -1.93. The lowest BCUT2D eigenvalue weighted by Crippen LogP contribution is -2.60. The van der Waals surface area contributed by atoms with E-state index < -0.39 is 88.3 Å². The number of oxime groups is 1. The van der Waals surface area contributed by atoms with Gasteiger partial charge >= 0.3 is 5.97 Å². The molecule has 2 saturated heterocycles. The van der Waals surface area contributed by atoms with Gasteiger partial charge in [-0.1, -0.05) is 50.2 Å². The third-order valence-electron chi connectivity index (χ3n) is 14.4. The number of esters is 1. The number of nitrogens with two attached hydrogens (primary N) is 1. The van der Waals surface area contributed by atoms with Crippen LogP contribution in [0.1, 0.15) is 112 Å². The molecular weight excluding hydrogens is 855 g/mol. The van der Waals surface area contributed by atoms with Crippen LogP contribution in [0.3, 0.4) is 0 Å². The Balaban J connectivity index is 1.38. The summed E-state index contributed by atoms with van der Waals surface area (Å²) in [6, 6.07) is 6.10. The normalized spacial score (nSPS) is 37.1. The van der Waals surface area contributed by atoms with Crippen LogP contribution in [0.15, 0.2) is 35.6 Å². The van der Waals surface area contributed by atoms with Gasteiger partial charge in [0.25, 0.3) is 5.69 Å². The molecule has 1 aromatic carbocycles. The molecule has 0 bridgehead atoms. The maximum absolute atomic E-state index is 14.4. The number of hydrogen-bond donors (Lipinski definition) is 4. The van der Waals surface area contributed by atoms with E-state index in [9.17, 15) is 35.0 Å². The summed E-state index contributed by atoms with van der Waals surface area (Å²) in [7, 11) is 3.42. The van der Waals surface area contributed by atoms with E-state index in [-0.39, 0.29) is 36.8 Å². The number of aliphatic hydroxyl groups excluding tert-OH is 2. The third-order valence-corrected chi connectivity index (χ3v) is 14.4. The Morgan fingerprint density at radius 2 is 1.71 bits per heavy atom. The van der Waals surface area contributed by atoms with Crippen LogP contribution in [0, 0.1) is 33.8 Å². The predicted molar refractivity (Wildman–Crippen MR) is 244 cm³/mol. The SMILES string of the molecule is CC[C@H]1OC(=O)[C@H](C)C(=O)[C@H](C)[C@@H](O[C@@H]2O[C@H](C)C[C@H](N(C)CCc3cn(CCc4ccc([N+](=O)[O-])cc4)nn3)[C@H]2O)[C@](C)(OC)C[C@@H](C)C(=NOC2CCC(N)CC2)[C@H](C)[C@@H](O)[C@]1(C)O. The van der Waals surface area contributed by atoms with Crippen LogP contribution in [-0.2, 0) is 52.8 Å². The van der Waals surface area contributed by atoms with Crippen LogP contribution in [0.2, 0.25) is 0 Å². The van der Waals surface area contributed by atoms with E-state index in [1.54, 1.807) is 44.5 Å². The first-order valence-corrected chi connectivity index (χ1v) is 23.6. The van der Waals surface area contributed by atoms with Crippen molar-refractivity contribution in [3.63, 3.8) is 0 Å². The van der Waals surface area contributed by atoms with Gasteiger partial charge in [0.15, 0.2) is 12.1 Å². The molecule has 2 aliphatic heterocycles. The van der Waals surface area contributed by atoms with E-state index in [2.05, 4.69) is 15.5 Å². The summed E-state index contributed by atoms with van der Waals surface area (Å²) in [6.45, 7) is 14.7. The van der Waals surface area contributed by atoms with Gasteiger partial charge in [-0.25, -0.2) is 0 Å². The average Bonchev–Trinajstić information content (AvgIpc) is 3.76. The monoisotopic (exact) mass is 930 g/mol. The van der Waals surface area contributed by atoms with Crippen LogP contribution >= 0.6 is 0 Å². The standard InChI is InChI=1S/C47H75N7O12/c1-11-38-47(8,59)42(57)29(4)39(50-66-36-18-14-33(48)15-19-36)27(2)25-46(7,62-10)43(30(5)40(55)31(6)44(58)64-38)65-45-41(56)37(24-28(3)63-45)52(9)22-21-34-26-53(51-49-34)23-20-32-12-16-35(17-13-32)54(60)61/h12-13,16-17,26-31,33,36-38,41-43,45,56-57,59H,11,14-15,18-25,48H2,1-10H3/t27-,28-,29+,30+,31-,33?,36?,37+,38-,41-,42-,43-,45+,46-,47-/m1/s1. The van der Waals surface area contributed by atoms with Crippen molar-refractivity contribution in [2.75, 3.05) is 20.7 Å². The molecule has 5 N–H and O–H groups in total. The van der Waals surface area contributed by atoms with Gasteiger partial charge in [-0.2, -0.15) is 0 Å². The predicted octanol–water partition coefficient (Wildman–Crippen LogP) is 4.15. The molecule has 19 nitrogen and oxygen atoms in total. The van der Waals surface area contributed by atoms with Crippen LogP contribution < -0.4 is 5.73 Å². The Bertz CT molecular complexity index is 1940. The number of ether oxygens (including phenoxy) is 4. The highest BCUT2D eigenvalue weighted by Crippen LogP contribution is 2.39. The summed E-state index contributed by atoms with van der Waals surface area (Å²) in [4.78, 5) is 47.0. The van der Waals surface area contributed by atoms with Crippen molar-refractivity contribution in [2.24, 2.45) is 34.6 Å². The number of ketones is 1. The average molecular weight is 930 g/mol. The number of Topliss-reactive ketones (excluding diaryl/α,β-unsaturated/α-hetero) is 1. The van der Waals surface area contributed by atoms with Crippen molar-refractivity contribution >= 4 is 23.2 Å². The van der Waals surface area contributed by atoms with Crippen molar-refractivity contribution in [3.05, 3.63) is 51.8 Å². The van der Waals surface area contributed by atoms with Gasteiger partial charge in [-0.05, 0) is 91.7 Å². The molecule has 1 aliphatic carbocycles. The molecule has 0 spiro atoms. The van der Waals surface area contributed by atoms with Crippen LogP contribution in [0.4, 0.5) is 5.69 Å². The van der Waals surface area contributed by atoms with Crippen molar-refractivity contribution < 1.29 is 53.6 Å². The summed E-state index contributed by atoms with van der Waals surface area (Å²) in [5.74, 6) is -4.90. The lowest BCUT2D eigenvalue weighted by atomic mass is 9.74. The summed E-state index contributed by atoms with van der Waals surface area (Å²) in [6.07, 6.45) is 0.215. The Morgan fingerprint density at radius 1 is 1.05 bits per heavy atom. The largest absolute Gasteiger partial charge is 0.459 e. The number of carbonyl (C=O) groups excluding carboxylic acids is 2. The van der Waals surface area contributed by atoms with Gasteiger partial charge in [0.2, 0.25) is 0 Å². The van der Waals surface area contributed by atoms with E-state index in [0.717, 1.165) is 24.1 Å². The molecule has 1 aromatic heterocycles. The molecule has 13 atom stereocenters. The lowest BCUT2D eigenvalue weighted by Gasteiger charge is -2.47. The smallest absolute Gasteiger partial charge is 0.316 e. The fraction of sp³-hybridized carbons (Fsp3) is 0.766. The zero-order valence-electron chi connectivity index (χ0n) is 40.4. The highest BCUT2D eigenvalue weighted by atomic mass is 16.7. The maximum Gasteiger partial charge on any atom is 0.316 e. The molecule has 3 fully saturated rings. The second kappa shape index (κ2) is 22.9. The minimum absolute atomic E-state index is 0.0386. The fourth-order valence-corrected chi connectivity index (χ4v) is 9.92. The molecule has 2 aromatic rings. The van der Waals surface area contributed by atoms with Gasteiger partial charge in [0.05, 0.1) is 40.2 Å². The molecule has 19 heteroatoms. The second-order valence-electron chi connectivity index (χ2n) is 19.5. The molecule has 0 unspecified atom stereocenters. The lowest BCUT2D eigenvalue weighted by molar-refractivity contribution is -0.384. The van der Waals surface area contributed by atoms with Crippen molar-refractivity contribution in [3.8, 4) is 0 Å². The van der Waals surface area contributed by atoms with E-state index in [1.807, 2.05) is 32.0 Å². The molecule has 0 radical (unpaired) electrons. The first-order chi connectivity index (χ1) is 31.1. The number of non-ortho nitro benzene ring substituents is 1. The highest BCUT2D eigenvalue weighted by molar-refractivity contribution is 6.00. The highest BCUT2D eigenvalue weighted by Gasteiger charge is 2.52. The first kappa shape index (κ1) is 53.0. The number of likely N-dealkylation sites (N-methyl/N-ethyl adjacent to an activating group) is 1. The minimum Gasteiger partial charge on any atom is -0.459 e. The Hall–Kier alpha value is -3.95. The molecule has 370 valence electrons. The van der Waals surface area contributed by atoms with E-state index in [1.165, 1.54) is 33.1 Å². The summed E-state index contributed by atoms with van der Waals surface area (Å²) in [5, 5.41) is 60.2. The number of nitrogens with zero attached hydrogens (tertiary/aromatic N) is 6. The Morgan fingerprint density at radius 3 is 2.33 bits per heavy atom. The molecule has 1 saturated carbocycles. The Kier molecular flexibility index (Phi) is 18.4. The van der Waals surface area contributed by atoms with Crippen LogP contribution in [-0.4, -0.2) is 145 Å². The number of rotatable bonds is 14. The van der Waals surface area contributed by atoms with E-state index in [4.69, 9.17) is 29.5 Å². The number of carbonyl (C=O) groups is 2. The number of nitro benzene ring substituents is 1. The maximum atomic E-state index is 14.4. The van der Waals surface area contributed by atoms with Gasteiger partial charge in [-0.3, -0.25) is 24.4 Å². The van der Waals surface area contributed by atoms with E-state index in [0.29, 0.717) is 50.9 Å². The van der Waals surface area contributed by atoms with Crippen molar-refractivity contribution in [1.29, 1.82) is 0 Å². The molecular formula is C47H75N7O12. The molecule has 66 heavy (non-hydrogen) atoms. The number of aryl methyl sites for hydroxylation is 2. The fourth-order valence-electron chi connectivity index (χ4n) is 9.92. The zero-order chi connectivity index (χ0) is 48.7. The second-order valence-corrected chi connectivity index (χ2v) is 19.5. The number of aliphatic hydroxyl groups is 3. The summed E-state index contributed by atoms with van der Waals surface area (Å²) in [5.41, 5.74) is 5.13. The molecule has 3 aliphatic rings. The number of nitro groups is 1. The van der Waals surface area contributed by atoms with Crippen LogP contribution in [0.5, 0.6) is 0 Å². The number of aromatic nitrogens is 3. The number of hydrogen-bond acceptors (Lipinski definition) is 17. The quantitative estimate of drug-likeness (QED) is 0.0898. The third kappa shape index (κ3) is 12.8. The molecule has 3 heterocycles. The summed E-state index contributed by atoms with van der Waals surface area (Å²) >= 11 is 0. The van der Waals surface area contributed by atoms with Gasteiger partial charge in [-0.15, -0.1) is 5.10 Å². The van der Waals surface area contributed by atoms with E-state index >= 15 is 0 Å². The number of cyclic esters (lactones) is 1. The van der Waals surface area contributed by atoms with Crippen molar-refractivity contribution in [2.45, 2.75) is 186 Å². The number of benzene rings is 1. The topological polar surface area (TPSA) is 256 Å². The van der Waals surface area contributed by atoms with Crippen LogP contribution in [0.25, 0.3) is 0 Å². The summed E-state index contributed by atoms with van der Waals surface area (Å²) < 4.78 is 27.0. The molecule has 0 amide bonds. The van der Waals surface area contributed by atoms with Gasteiger partial charge in [0, 0.05) is 74.8 Å². The zero-order valence-corrected chi connectivity index (χ0v) is 40.4. The van der Waals surface area contributed by atoms with Gasteiger partial charge in [0.1, 0.15) is 29.8 Å².